The van der Waals surface area contributed by atoms with Gasteiger partial charge in [0.2, 0.25) is 5.91 Å². The van der Waals surface area contributed by atoms with Crippen LogP contribution in [0.3, 0.4) is 0 Å². The molecular weight excluding hydrogens is 502 g/mol. The van der Waals surface area contributed by atoms with E-state index in [0.29, 0.717) is 64.7 Å². The van der Waals surface area contributed by atoms with Gasteiger partial charge in [-0.15, -0.1) is 0 Å². The second-order valence-corrected chi connectivity index (χ2v) is 12.2. The van der Waals surface area contributed by atoms with Crippen LogP contribution in [0.1, 0.15) is 62.4 Å². The Morgan fingerprint density at radius 3 is 2.32 bits per heavy atom. The lowest BCUT2D eigenvalue weighted by Crippen LogP contribution is -2.43. The fourth-order valence-corrected chi connectivity index (χ4v) is 5.98. The van der Waals surface area contributed by atoms with Crippen LogP contribution in [-0.2, 0) is 16.1 Å². The van der Waals surface area contributed by atoms with Gasteiger partial charge >= 0.3 is 6.09 Å². The van der Waals surface area contributed by atoms with E-state index in [2.05, 4.69) is 5.32 Å². The third-order valence-electron chi connectivity index (χ3n) is 6.98. The summed E-state index contributed by atoms with van der Waals surface area (Å²) < 4.78 is 7.21. The number of nitrogens with zero attached hydrogens (tertiary/aromatic N) is 2. The molecule has 5 rings (SSSR count). The van der Waals surface area contributed by atoms with Gasteiger partial charge in [0.15, 0.2) is 5.78 Å². The van der Waals surface area contributed by atoms with Crippen LogP contribution >= 0.6 is 11.3 Å². The number of carbonyl (C=O) groups excluding carboxylic acids is 3. The maximum absolute atomic E-state index is 13.7. The molecule has 200 valence electrons. The molecule has 2 aromatic heterocycles. The highest BCUT2D eigenvalue weighted by Crippen LogP contribution is 2.39. The Morgan fingerprint density at radius 1 is 1.00 bits per heavy atom. The van der Waals surface area contributed by atoms with Gasteiger partial charge in [0.05, 0.1) is 5.56 Å². The second-order valence-electron chi connectivity index (χ2n) is 11.2. The molecule has 1 N–H and O–H groups in total. The molecule has 0 bridgehead atoms. The highest BCUT2D eigenvalue weighted by atomic mass is 32.1. The lowest BCUT2D eigenvalue weighted by molar-refractivity contribution is -0.121. The summed E-state index contributed by atoms with van der Waals surface area (Å²) in [6.45, 7) is 6.95. The van der Waals surface area contributed by atoms with Crippen molar-refractivity contribution in [3.8, 4) is 0 Å². The SMILES string of the molecule is CC(C)(C)OC(=O)N1CCC(C(=O)Nc2sc3c(ccc(=O)n3CC3CC3)c2C(=O)c2ccccc2)CC1. The molecule has 1 aliphatic carbocycles. The van der Waals surface area contributed by atoms with Crippen molar-refractivity contribution in [1.29, 1.82) is 0 Å². The van der Waals surface area contributed by atoms with Gasteiger partial charge in [0.25, 0.3) is 5.56 Å². The minimum absolute atomic E-state index is 0.100. The van der Waals surface area contributed by atoms with E-state index in [1.54, 1.807) is 27.7 Å². The summed E-state index contributed by atoms with van der Waals surface area (Å²) >= 11 is 1.29. The van der Waals surface area contributed by atoms with Crippen molar-refractivity contribution < 1.29 is 19.1 Å². The Bertz CT molecular complexity index is 1420. The van der Waals surface area contributed by atoms with Gasteiger partial charge in [-0.25, -0.2) is 4.79 Å². The number of amides is 2. The quantitative estimate of drug-likeness (QED) is 0.433. The summed E-state index contributed by atoms with van der Waals surface area (Å²) in [4.78, 5) is 54.6. The largest absolute Gasteiger partial charge is 0.444 e. The van der Waals surface area contributed by atoms with E-state index in [0.717, 1.165) is 12.8 Å². The summed E-state index contributed by atoms with van der Waals surface area (Å²) in [5.41, 5.74) is 0.263. The van der Waals surface area contributed by atoms with Crippen molar-refractivity contribution in [1.82, 2.24) is 9.47 Å². The van der Waals surface area contributed by atoms with Crippen molar-refractivity contribution in [2.45, 2.75) is 58.6 Å². The molecule has 0 atom stereocenters. The number of piperidine rings is 1. The summed E-state index contributed by atoms with van der Waals surface area (Å²) in [6, 6.07) is 12.2. The molecule has 0 spiro atoms. The van der Waals surface area contributed by atoms with Crippen LogP contribution in [-0.4, -0.2) is 45.9 Å². The van der Waals surface area contributed by atoms with Crippen LogP contribution < -0.4 is 10.9 Å². The number of nitrogens with one attached hydrogen (secondary N) is 1. The zero-order valence-corrected chi connectivity index (χ0v) is 22.8. The van der Waals surface area contributed by atoms with E-state index >= 15 is 0 Å². The lowest BCUT2D eigenvalue weighted by Gasteiger charge is -2.32. The second kappa shape index (κ2) is 10.4. The zero-order chi connectivity index (χ0) is 27.0. The molecular formula is C29H33N3O5S. The van der Waals surface area contributed by atoms with Crippen LogP contribution in [0, 0.1) is 11.8 Å². The molecule has 9 heteroatoms. The van der Waals surface area contributed by atoms with Crippen molar-refractivity contribution >= 4 is 44.3 Å². The number of fused-ring (bicyclic) bond motifs is 1. The number of pyridine rings is 1. The van der Waals surface area contributed by atoms with Gasteiger partial charge < -0.3 is 15.0 Å². The van der Waals surface area contributed by atoms with E-state index in [1.807, 2.05) is 39.0 Å². The highest BCUT2D eigenvalue weighted by Gasteiger charge is 2.32. The fraction of sp³-hybridized carbons (Fsp3) is 0.448. The standard InChI is InChI=1S/C29H33N3O5S/c1-29(2,3)37-28(36)31-15-13-20(14-16-31)25(35)30-26-23(24(34)19-7-5-4-6-8-19)21-11-12-22(33)32(27(21)38-26)17-18-9-10-18/h4-8,11-12,18,20H,9-10,13-17H2,1-3H3,(H,30,35). The average Bonchev–Trinajstić information content (AvgIpc) is 3.64. The Morgan fingerprint density at radius 2 is 1.68 bits per heavy atom. The first kappa shape index (κ1) is 26.2. The van der Waals surface area contributed by atoms with E-state index in [1.165, 1.54) is 17.4 Å². The zero-order valence-electron chi connectivity index (χ0n) is 22.0. The number of rotatable bonds is 6. The minimum Gasteiger partial charge on any atom is -0.444 e. The molecule has 1 saturated heterocycles. The van der Waals surface area contributed by atoms with Crippen LogP contribution in [0.4, 0.5) is 9.80 Å². The molecule has 3 heterocycles. The van der Waals surface area contributed by atoms with Crippen LogP contribution in [0.2, 0.25) is 0 Å². The molecule has 1 aliphatic heterocycles. The molecule has 8 nitrogen and oxygen atoms in total. The third-order valence-corrected chi connectivity index (χ3v) is 8.13. The smallest absolute Gasteiger partial charge is 0.410 e. The number of benzene rings is 1. The fourth-order valence-electron chi connectivity index (χ4n) is 4.78. The van der Waals surface area contributed by atoms with E-state index < -0.39 is 5.60 Å². The van der Waals surface area contributed by atoms with Crippen LogP contribution in [0.15, 0.2) is 47.3 Å². The maximum atomic E-state index is 13.7. The molecule has 0 unspecified atom stereocenters. The summed E-state index contributed by atoms with van der Waals surface area (Å²) in [6.07, 6.45) is 2.82. The number of hydrogen-bond donors (Lipinski definition) is 1. The van der Waals surface area contributed by atoms with Gasteiger partial charge in [-0.3, -0.25) is 19.0 Å². The van der Waals surface area contributed by atoms with Gasteiger partial charge in [-0.05, 0) is 58.4 Å². The van der Waals surface area contributed by atoms with E-state index in [9.17, 15) is 19.2 Å². The highest BCUT2D eigenvalue weighted by molar-refractivity contribution is 7.23. The number of ether oxygens (including phenoxy) is 1. The molecule has 38 heavy (non-hydrogen) atoms. The summed E-state index contributed by atoms with van der Waals surface area (Å²) in [5.74, 6) is -0.198. The number of carbonyl (C=O) groups is 3. The Kier molecular flexibility index (Phi) is 7.13. The maximum Gasteiger partial charge on any atom is 0.410 e. The summed E-state index contributed by atoms with van der Waals surface area (Å²) in [7, 11) is 0. The van der Waals surface area contributed by atoms with E-state index in [4.69, 9.17) is 4.74 Å². The predicted octanol–water partition coefficient (Wildman–Crippen LogP) is 5.29. The third kappa shape index (κ3) is 5.67. The first-order valence-corrected chi connectivity index (χ1v) is 14.0. The van der Waals surface area contributed by atoms with Crippen molar-refractivity contribution in [3.63, 3.8) is 0 Å². The molecule has 2 fully saturated rings. The number of anilines is 1. The normalized spacial score (nSPS) is 16.4. The molecule has 0 radical (unpaired) electrons. The number of aromatic nitrogens is 1. The predicted molar refractivity (Wildman–Crippen MR) is 148 cm³/mol. The Labute approximate surface area is 225 Å². The van der Waals surface area contributed by atoms with Crippen LogP contribution in [0.25, 0.3) is 10.2 Å². The van der Waals surface area contributed by atoms with Crippen molar-refractivity contribution in [2.24, 2.45) is 11.8 Å². The molecule has 2 aliphatic rings. The average molecular weight is 536 g/mol. The van der Waals surface area contributed by atoms with Gasteiger partial charge in [0, 0.05) is 42.6 Å². The molecule has 3 aromatic rings. The number of hydrogen-bond acceptors (Lipinski definition) is 6. The van der Waals surface area contributed by atoms with Crippen molar-refractivity contribution in [3.05, 3.63) is 63.9 Å². The molecule has 1 aromatic carbocycles. The first-order valence-electron chi connectivity index (χ1n) is 13.2. The molecule has 2 amide bonds. The number of thiophene rings is 1. The Balaban J connectivity index is 1.41. The number of ketones is 1. The van der Waals surface area contributed by atoms with Gasteiger partial charge in [-0.2, -0.15) is 0 Å². The van der Waals surface area contributed by atoms with Gasteiger partial charge in [-0.1, -0.05) is 41.7 Å². The minimum atomic E-state index is -0.575. The molecule has 1 saturated carbocycles. The first-order chi connectivity index (χ1) is 18.1. The summed E-state index contributed by atoms with van der Waals surface area (Å²) in [5, 5.41) is 4.17. The number of likely N-dealkylation sites (tertiary alicyclic amines) is 1. The topological polar surface area (TPSA) is 97.7 Å². The van der Waals surface area contributed by atoms with Crippen molar-refractivity contribution in [2.75, 3.05) is 18.4 Å². The van der Waals surface area contributed by atoms with Gasteiger partial charge in [0.1, 0.15) is 15.4 Å². The van der Waals surface area contributed by atoms with Crippen LogP contribution in [0.5, 0.6) is 0 Å². The monoisotopic (exact) mass is 535 g/mol. The lowest BCUT2D eigenvalue weighted by atomic mass is 9.96. The Hall–Kier alpha value is -3.46. The van der Waals surface area contributed by atoms with E-state index in [-0.39, 0.29) is 29.3 Å².